The second-order valence-electron chi connectivity index (χ2n) is 5.74. The van der Waals surface area contributed by atoms with Gasteiger partial charge in [0.15, 0.2) is 0 Å². The van der Waals surface area contributed by atoms with E-state index in [2.05, 4.69) is 45.4 Å². The normalized spacial score (nSPS) is 18.4. The molecule has 1 saturated heterocycles. The number of nitrogens with zero attached hydrogens (tertiary/aromatic N) is 2. The molecule has 1 aromatic carbocycles. The summed E-state index contributed by atoms with van der Waals surface area (Å²) in [7, 11) is 0. The molecule has 0 saturated carbocycles. The molecule has 3 rings (SSSR count). The topological polar surface area (TPSA) is 35.6 Å². The summed E-state index contributed by atoms with van der Waals surface area (Å²) in [4.78, 5) is 16.7. The summed E-state index contributed by atoms with van der Waals surface area (Å²) in [6.07, 6.45) is 6.62. The summed E-state index contributed by atoms with van der Waals surface area (Å²) >= 11 is 0. The lowest BCUT2D eigenvalue weighted by Crippen LogP contribution is -2.48. The summed E-state index contributed by atoms with van der Waals surface area (Å²) in [5.74, 6) is 0.0768. The van der Waals surface area contributed by atoms with Gasteiger partial charge in [-0.2, -0.15) is 0 Å². The molecule has 1 aliphatic carbocycles. The molecule has 1 N–H and O–H groups in total. The number of amides is 1. The molecule has 4 heteroatoms. The van der Waals surface area contributed by atoms with Gasteiger partial charge in [0, 0.05) is 50.5 Å². The minimum atomic E-state index is 0.0768. The monoisotopic (exact) mass is 297 g/mol. The molecule has 1 fully saturated rings. The van der Waals surface area contributed by atoms with Crippen molar-refractivity contribution < 1.29 is 4.79 Å². The Labute approximate surface area is 132 Å². The maximum absolute atomic E-state index is 11.9. The Morgan fingerprint density at radius 2 is 1.86 bits per heavy atom. The SMILES string of the molecule is O=C(NCCN1CCN(c2ccccc2)CC1)C1=CC=CC1. The zero-order chi connectivity index (χ0) is 15.2. The van der Waals surface area contributed by atoms with Crippen molar-refractivity contribution in [3.8, 4) is 0 Å². The van der Waals surface area contributed by atoms with Crippen LogP contribution < -0.4 is 10.2 Å². The number of benzene rings is 1. The first-order chi connectivity index (χ1) is 10.8. The number of piperazine rings is 1. The second-order valence-corrected chi connectivity index (χ2v) is 5.74. The highest BCUT2D eigenvalue weighted by molar-refractivity contribution is 5.94. The van der Waals surface area contributed by atoms with Crippen LogP contribution in [0.15, 0.2) is 54.1 Å². The maximum Gasteiger partial charge on any atom is 0.247 e. The van der Waals surface area contributed by atoms with E-state index in [1.54, 1.807) is 0 Å². The third-order valence-electron chi connectivity index (χ3n) is 4.27. The van der Waals surface area contributed by atoms with Gasteiger partial charge in [-0.15, -0.1) is 0 Å². The van der Waals surface area contributed by atoms with Gasteiger partial charge in [-0.05, 0) is 18.6 Å². The molecule has 1 heterocycles. The predicted molar refractivity (Wildman–Crippen MR) is 89.9 cm³/mol. The summed E-state index contributed by atoms with van der Waals surface area (Å²) in [5, 5.41) is 3.01. The van der Waals surface area contributed by atoms with Crippen molar-refractivity contribution in [2.45, 2.75) is 6.42 Å². The van der Waals surface area contributed by atoms with E-state index in [0.717, 1.165) is 51.3 Å². The molecule has 1 amide bonds. The van der Waals surface area contributed by atoms with Crippen LogP contribution in [0.2, 0.25) is 0 Å². The third kappa shape index (κ3) is 3.77. The largest absolute Gasteiger partial charge is 0.369 e. The van der Waals surface area contributed by atoms with E-state index in [9.17, 15) is 4.79 Å². The van der Waals surface area contributed by atoms with E-state index in [1.165, 1.54) is 5.69 Å². The average Bonchev–Trinajstić information content (AvgIpc) is 3.11. The number of carbonyl (C=O) groups is 1. The Morgan fingerprint density at radius 1 is 1.09 bits per heavy atom. The predicted octanol–water partition coefficient (Wildman–Crippen LogP) is 1.81. The van der Waals surface area contributed by atoms with E-state index in [1.807, 2.05) is 18.2 Å². The van der Waals surface area contributed by atoms with Gasteiger partial charge in [-0.25, -0.2) is 0 Å². The molecule has 1 aromatic rings. The summed E-state index contributed by atoms with van der Waals surface area (Å²) in [6.45, 7) is 5.85. The zero-order valence-electron chi connectivity index (χ0n) is 12.9. The van der Waals surface area contributed by atoms with E-state index in [0.29, 0.717) is 0 Å². The Kier molecular flexibility index (Phi) is 4.91. The standard InChI is InChI=1S/C18H23N3O/c22-18(16-6-4-5-7-16)19-10-11-20-12-14-21(15-13-20)17-8-2-1-3-9-17/h1-6,8-9H,7,10-15H2,(H,19,22). The van der Waals surface area contributed by atoms with Gasteiger partial charge in [0.2, 0.25) is 5.91 Å². The molecule has 0 bridgehead atoms. The number of anilines is 1. The highest BCUT2D eigenvalue weighted by Crippen LogP contribution is 2.15. The molecule has 0 unspecified atom stereocenters. The minimum absolute atomic E-state index is 0.0768. The average molecular weight is 297 g/mol. The quantitative estimate of drug-likeness (QED) is 0.900. The van der Waals surface area contributed by atoms with Gasteiger partial charge < -0.3 is 10.2 Å². The van der Waals surface area contributed by atoms with E-state index < -0.39 is 0 Å². The molecular weight excluding hydrogens is 274 g/mol. The maximum atomic E-state index is 11.9. The van der Waals surface area contributed by atoms with Crippen molar-refractivity contribution in [2.75, 3.05) is 44.2 Å². The van der Waals surface area contributed by atoms with Crippen molar-refractivity contribution in [3.63, 3.8) is 0 Å². The number of para-hydroxylation sites is 1. The first-order valence-corrected chi connectivity index (χ1v) is 7.99. The number of hydrogen-bond donors (Lipinski definition) is 1. The molecule has 116 valence electrons. The van der Waals surface area contributed by atoms with Gasteiger partial charge in [-0.1, -0.05) is 36.4 Å². The van der Waals surface area contributed by atoms with Crippen LogP contribution in [-0.2, 0) is 4.79 Å². The third-order valence-corrected chi connectivity index (χ3v) is 4.27. The van der Waals surface area contributed by atoms with Crippen LogP contribution in [0.25, 0.3) is 0 Å². The van der Waals surface area contributed by atoms with Crippen molar-refractivity contribution in [1.82, 2.24) is 10.2 Å². The van der Waals surface area contributed by atoms with E-state index >= 15 is 0 Å². The van der Waals surface area contributed by atoms with Crippen LogP contribution in [0, 0.1) is 0 Å². The van der Waals surface area contributed by atoms with Crippen LogP contribution in [0.3, 0.4) is 0 Å². The molecular formula is C18H23N3O. The molecule has 4 nitrogen and oxygen atoms in total. The number of hydrogen-bond acceptors (Lipinski definition) is 3. The highest BCUT2D eigenvalue weighted by Gasteiger charge is 2.17. The van der Waals surface area contributed by atoms with Crippen LogP contribution in [-0.4, -0.2) is 50.1 Å². The summed E-state index contributed by atoms with van der Waals surface area (Å²) in [5.41, 5.74) is 2.17. The molecule has 1 aliphatic heterocycles. The molecule has 2 aliphatic rings. The minimum Gasteiger partial charge on any atom is -0.369 e. The lowest BCUT2D eigenvalue weighted by atomic mass is 10.2. The zero-order valence-corrected chi connectivity index (χ0v) is 12.9. The van der Waals surface area contributed by atoms with Gasteiger partial charge in [-0.3, -0.25) is 9.69 Å². The van der Waals surface area contributed by atoms with Crippen molar-refractivity contribution in [3.05, 3.63) is 54.1 Å². The van der Waals surface area contributed by atoms with Crippen molar-refractivity contribution >= 4 is 11.6 Å². The van der Waals surface area contributed by atoms with Crippen LogP contribution in [0.1, 0.15) is 6.42 Å². The first-order valence-electron chi connectivity index (χ1n) is 7.99. The fourth-order valence-electron chi connectivity index (χ4n) is 2.93. The number of carbonyl (C=O) groups excluding carboxylic acids is 1. The number of allylic oxidation sites excluding steroid dienone is 3. The molecule has 0 spiro atoms. The smallest absolute Gasteiger partial charge is 0.247 e. The first kappa shape index (κ1) is 14.9. The Hall–Kier alpha value is -2.07. The molecule has 0 atom stereocenters. The highest BCUT2D eigenvalue weighted by atomic mass is 16.1. The van der Waals surface area contributed by atoms with Gasteiger partial charge in [0.25, 0.3) is 0 Å². The fourth-order valence-corrected chi connectivity index (χ4v) is 2.93. The van der Waals surface area contributed by atoms with Crippen LogP contribution in [0.4, 0.5) is 5.69 Å². The van der Waals surface area contributed by atoms with E-state index in [-0.39, 0.29) is 5.91 Å². The molecule has 0 radical (unpaired) electrons. The molecule has 22 heavy (non-hydrogen) atoms. The second kappa shape index (κ2) is 7.27. The summed E-state index contributed by atoms with van der Waals surface area (Å²) in [6, 6.07) is 10.6. The van der Waals surface area contributed by atoms with Gasteiger partial charge in [0.05, 0.1) is 0 Å². The Morgan fingerprint density at radius 3 is 2.55 bits per heavy atom. The van der Waals surface area contributed by atoms with E-state index in [4.69, 9.17) is 0 Å². The molecule has 0 aromatic heterocycles. The number of rotatable bonds is 5. The van der Waals surface area contributed by atoms with Gasteiger partial charge >= 0.3 is 0 Å². The van der Waals surface area contributed by atoms with Crippen molar-refractivity contribution in [2.24, 2.45) is 0 Å². The van der Waals surface area contributed by atoms with Gasteiger partial charge in [0.1, 0.15) is 0 Å². The van der Waals surface area contributed by atoms with Crippen molar-refractivity contribution in [1.29, 1.82) is 0 Å². The van der Waals surface area contributed by atoms with Crippen LogP contribution in [0.5, 0.6) is 0 Å². The Bertz CT molecular complexity index is 557. The Balaban J connectivity index is 1.36. The summed E-state index contributed by atoms with van der Waals surface area (Å²) < 4.78 is 0. The van der Waals surface area contributed by atoms with Crippen LogP contribution >= 0.6 is 0 Å². The lowest BCUT2D eigenvalue weighted by molar-refractivity contribution is -0.117. The lowest BCUT2D eigenvalue weighted by Gasteiger charge is -2.36. The number of nitrogens with one attached hydrogen (secondary N) is 1. The fraction of sp³-hybridized carbons (Fsp3) is 0.389.